The summed E-state index contributed by atoms with van der Waals surface area (Å²) in [5, 5.41) is 4.51. The zero-order chi connectivity index (χ0) is 15.0. The highest BCUT2D eigenvalue weighted by Crippen LogP contribution is 2.27. The van der Waals surface area contributed by atoms with Crippen molar-refractivity contribution in [2.24, 2.45) is 0 Å². The van der Waals surface area contributed by atoms with Gasteiger partial charge in [-0.2, -0.15) is 5.10 Å². The summed E-state index contributed by atoms with van der Waals surface area (Å²) in [7, 11) is 0. The van der Waals surface area contributed by atoms with Crippen molar-refractivity contribution in [2.45, 2.75) is 53.4 Å². The average molecular weight is 274 g/mol. The second-order valence-electron chi connectivity index (χ2n) is 6.02. The summed E-state index contributed by atoms with van der Waals surface area (Å²) in [5.41, 5.74) is 4.75. The molecule has 0 aliphatic rings. The van der Waals surface area contributed by atoms with E-state index >= 15 is 0 Å². The van der Waals surface area contributed by atoms with Gasteiger partial charge in [-0.15, -0.1) is 0 Å². The van der Waals surface area contributed by atoms with Crippen LogP contribution in [0.5, 0.6) is 0 Å². The fourth-order valence-corrected chi connectivity index (χ4v) is 2.78. The Bertz CT molecular complexity index is 624. The maximum Gasteiger partial charge on any atom is 0.149 e. The monoisotopic (exact) mass is 274 g/mol. The lowest BCUT2D eigenvalue weighted by Gasteiger charge is -2.11. The summed E-state index contributed by atoms with van der Waals surface area (Å²) in [5.74, 6) is 0.504. The van der Waals surface area contributed by atoms with Crippen molar-refractivity contribution in [2.75, 3.05) is 0 Å². The maximum atomic E-state index is 14.4. The molecule has 2 aromatic rings. The first-order valence-corrected chi connectivity index (χ1v) is 7.18. The number of hydrogen-bond donors (Lipinski definition) is 0. The van der Waals surface area contributed by atoms with Crippen LogP contribution in [0.3, 0.4) is 0 Å². The third-order valence-electron chi connectivity index (χ3n) is 3.79. The molecule has 0 spiro atoms. The van der Waals surface area contributed by atoms with Gasteiger partial charge in [-0.1, -0.05) is 33.8 Å². The Balaban J connectivity index is 2.55. The lowest BCUT2D eigenvalue weighted by Crippen LogP contribution is -2.04. The van der Waals surface area contributed by atoms with Gasteiger partial charge in [0.05, 0.1) is 5.69 Å². The molecule has 0 aliphatic heterocycles. The Morgan fingerprint density at radius 3 is 2.15 bits per heavy atom. The number of hydrogen-bond acceptors (Lipinski definition) is 1. The van der Waals surface area contributed by atoms with Crippen LogP contribution in [0, 0.1) is 19.7 Å². The second-order valence-corrected chi connectivity index (χ2v) is 6.02. The fourth-order valence-electron chi connectivity index (χ4n) is 2.78. The van der Waals surface area contributed by atoms with Crippen molar-refractivity contribution in [3.8, 4) is 5.69 Å². The molecule has 0 atom stereocenters. The molecule has 3 heteroatoms. The van der Waals surface area contributed by atoms with Crippen molar-refractivity contribution in [3.05, 3.63) is 46.5 Å². The zero-order valence-corrected chi connectivity index (χ0v) is 13.2. The molecule has 1 aromatic carbocycles. The minimum absolute atomic E-state index is 0.211. The molecule has 108 valence electrons. The molecule has 0 radical (unpaired) electrons. The van der Waals surface area contributed by atoms with E-state index in [2.05, 4.69) is 32.8 Å². The molecule has 0 N–H and O–H groups in total. The van der Waals surface area contributed by atoms with Gasteiger partial charge in [-0.05, 0) is 48.9 Å². The summed E-state index contributed by atoms with van der Waals surface area (Å²) in [6.45, 7) is 12.4. The molecule has 20 heavy (non-hydrogen) atoms. The number of aromatic nitrogens is 2. The average Bonchev–Trinajstić information content (AvgIpc) is 2.64. The van der Waals surface area contributed by atoms with Crippen LogP contribution in [0.15, 0.2) is 18.2 Å². The number of benzene rings is 1. The van der Waals surface area contributed by atoms with Gasteiger partial charge in [0.1, 0.15) is 11.5 Å². The van der Waals surface area contributed by atoms with Crippen molar-refractivity contribution in [1.82, 2.24) is 9.78 Å². The van der Waals surface area contributed by atoms with Crippen LogP contribution in [0.4, 0.5) is 4.39 Å². The van der Waals surface area contributed by atoms with Gasteiger partial charge in [-0.25, -0.2) is 9.07 Å². The maximum absolute atomic E-state index is 14.4. The molecule has 0 amide bonds. The lowest BCUT2D eigenvalue weighted by molar-refractivity contribution is 0.603. The first-order chi connectivity index (χ1) is 9.32. The molecule has 0 unspecified atom stereocenters. The van der Waals surface area contributed by atoms with Crippen LogP contribution < -0.4 is 0 Å². The zero-order valence-electron chi connectivity index (χ0n) is 13.2. The van der Waals surface area contributed by atoms with Crippen molar-refractivity contribution >= 4 is 0 Å². The minimum Gasteiger partial charge on any atom is -0.235 e. The van der Waals surface area contributed by atoms with Crippen molar-refractivity contribution < 1.29 is 4.39 Å². The predicted octanol–water partition coefficient (Wildman–Crippen LogP) is 4.88. The highest BCUT2D eigenvalue weighted by Gasteiger charge is 2.17. The van der Waals surface area contributed by atoms with Gasteiger partial charge in [0.15, 0.2) is 0 Å². The topological polar surface area (TPSA) is 17.8 Å². The normalized spacial score (nSPS) is 11.7. The lowest BCUT2D eigenvalue weighted by atomic mass is 10.0. The standard InChI is InChI=1S/C17H23FN2/c1-10(2)14-7-8-16(15(18)9-14)20-13(6)17(11(3)4)12(5)19-20/h7-11H,1-6H3. The second kappa shape index (κ2) is 5.39. The van der Waals surface area contributed by atoms with Crippen LogP contribution >= 0.6 is 0 Å². The molecule has 2 rings (SSSR count). The molecule has 0 saturated carbocycles. The van der Waals surface area contributed by atoms with E-state index in [1.54, 1.807) is 10.7 Å². The van der Waals surface area contributed by atoms with E-state index in [1.165, 1.54) is 5.56 Å². The highest BCUT2D eigenvalue weighted by molar-refractivity contribution is 5.41. The first kappa shape index (κ1) is 14.8. The molecule has 0 aliphatic carbocycles. The summed E-state index contributed by atoms with van der Waals surface area (Å²) >= 11 is 0. The van der Waals surface area contributed by atoms with E-state index in [1.807, 2.05) is 26.0 Å². The number of aryl methyl sites for hydroxylation is 1. The molecular weight excluding hydrogens is 251 g/mol. The van der Waals surface area contributed by atoms with E-state index in [-0.39, 0.29) is 5.82 Å². The van der Waals surface area contributed by atoms with Crippen LogP contribution in [-0.2, 0) is 0 Å². The van der Waals surface area contributed by atoms with E-state index in [0.717, 1.165) is 17.0 Å². The van der Waals surface area contributed by atoms with Gasteiger partial charge in [0.25, 0.3) is 0 Å². The fraction of sp³-hybridized carbons (Fsp3) is 0.471. The molecule has 1 heterocycles. The summed E-state index contributed by atoms with van der Waals surface area (Å²) in [6, 6.07) is 5.42. The van der Waals surface area contributed by atoms with Gasteiger partial charge in [0, 0.05) is 5.69 Å². The summed E-state index contributed by atoms with van der Waals surface area (Å²) in [4.78, 5) is 0. The minimum atomic E-state index is -0.211. The molecule has 0 saturated heterocycles. The molecule has 0 bridgehead atoms. The van der Waals surface area contributed by atoms with Crippen LogP contribution in [0.2, 0.25) is 0 Å². The number of rotatable bonds is 3. The third-order valence-corrected chi connectivity index (χ3v) is 3.79. The molecule has 2 nitrogen and oxygen atoms in total. The van der Waals surface area contributed by atoms with Crippen molar-refractivity contribution in [3.63, 3.8) is 0 Å². The van der Waals surface area contributed by atoms with E-state index in [4.69, 9.17) is 0 Å². The van der Waals surface area contributed by atoms with E-state index in [0.29, 0.717) is 17.5 Å². The van der Waals surface area contributed by atoms with E-state index < -0.39 is 0 Å². The van der Waals surface area contributed by atoms with Crippen LogP contribution in [0.25, 0.3) is 5.69 Å². The Labute approximate surface area is 120 Å². The number of halogens is 1. The SMILES string of the molecule is Cc1nn(-c2ccc(C(C)C)cc2F)c(C)c1C(C)C. The van der Waals surface area contributed by atoms with Gasteiger partial charge in [0.2, 0.25) is 0 Å². The third kappa shape index (κ3) is 2.49. The predicted molar refractivity (Wildman–Crippen MR) is 81.2 cm³/mol. The largest absolute Gasteiger partial charge is 0.235 e. The Morgan fingerprint density at radius 1 is 1.05 bits per heavy atom. The van der Waals surface area contributed by atoms with Gasteiger partial charge >= 0.3 is 0 Å². The summed E-state index contributed by atoms with van der Waals surface area (Å²) in [6.07, 6.45) is 0. The first-order valence-electron chi connectivity index (χ1n) is 7.18. The van der Waals surface area contributed by atoms with E-state index in [9.17, 15) is 4.39 Å². The van der Waals surface area contributed by atoms with Crippen molar-refractivity contribution in [1.29, 1.82) is 0 Å². The summed E-state index contributed by atoms with van der Waals surface area (Å²) < 4.78 is 16.1. The quantitative estimate of drug-likeness (QED) is 0.780. The van der Waals surface area contributed by atoms with Crippen LogP contribution in [0.1, 0.15) is 62.0 Å². The van der Waals surface area contributed by atoms with Crippen LogP contribution in [-0.4, -0.2) is 9.78 Å². The molecule has 0 fully saturated rings. The molecule has 1 aromatic heterocycles. The van der Waals surface area contributed by atoms with Gasteiger partial charge < -0.3 is 0 Å². The molecular formula is C17H23FN2. The van der Waals surface area contributed by atoms with Gasteiger partial charge in [-0.3, -0.25) is 0 Å². The highest BCUT2D eigenvalue weighted by atomic mass is 19.1. The Morgan fingerprint density at radius 2 is 1.70 bits per heavy atom. The Hall–Kier alpha value is -1.64. The smallest absolute Gasteiger partial charge is 0.149 e. The Kier molecular flexibility index (Phi) is 3.98. The number of nitrogens with zero attached hydrogens (tertiary/aromatic N) is 2.